The van der Waals surface area contributed by atoms with Crippen molar-refractivity contribution < 1.29 is 9.47 Å². The van der Waals surface area contributed by atoms with Crippen LogP contribution in [0.15, 0.2) is 78.9 Å². The standard InChI is InChI=1S/C25H21ClO2/c1-17-15-21(26)25-20(12-8-14-23(25)27-2)24(17)19-11-6-7-13-22(19)28-16-18-9-4-3-5-10-18/h3-15H,16H2,1-2H3. The first-order valence-corrected chi connectivity index (χ1v) is 9.59. The fourth-order valence-corrected chi connectivity index (χ4v) is 3.95. The molecule has 0 aromatic heterocycles. The van der Waals surface area contributed by atoms with E-state index in [1.807, 2.05) is 54.6 Å². The Bertz CT molecular complexity index is 1120. The molecule has 0 spiro atoms. The summed E-state index contributed by atoms with van der Waals surface area (Å²) in [5.41, 5.74) is 4.39. The van der Waals surface area contributed by atoms with Crippen LogP contribution in [0.25, 0.3) is 21.9 Å². The van der Waals surface area contributed by atoms with E-state index >= 15 is 0 Å². The van der Waals surface area contributed by atoms with Gasteiger partial charge in [0.1, 0.15) is 18.1 Å². The summed E-state index contributed by atoms with van der Waals surface area (Å²) in [6.07, 6.45) is 0. The third kappa shape index (κ3) is 3.44. The number of fused-ring (bicyclic) bond motifs is 1. The molecular weight excluding hydrogens is 368 g/mol. The maximum Gasteiger partial charge on any atom is 0.128 e. The van der Waals surface area contributed by atoms with Crippen molar-refractivity contribution in [1.29, 1.82) is 0 Å². The second kappa shape index (κ2) is 7.95. The van der Waals surface area contributed by atoms with Crippen LogP contribution in [0.4, 0.5) is 0 Å². The molecule has 28 heavy (non-hydrogen) atoms. The maximum absolute atomic E-state index is 6.58. The van der Waals surface area contributed by atoms with E-state index < -0.39 is 0 Å². The van der Waals surface area contributed by atoms with Gasteiger partial charge >= 0.3 is 0 Å². The number of halogens is 1. The van der Waals surface area contributed by atoms with Crippen LogP contribution in [-0.2, 0) is 6.61 Å². The maximum atomic E-state index is 6.58. The zero-order valence-corrected chi connectivity index (χ0v) is 16.7. The van der Waals surface area contributed by atoms with Crippen molar-refractivity contribution in [2.24, 2.45) is 0 Å². The van der Waals surface area contributed by atoms with Crippen LogP contribution in [0.2, 0.25) is 5.02 Å². The van der Waals surface area contributed by atoms with E-state index in [9.17, 15) is 0 Å². The molecule has 0 aliphatic rings. The Morgan fingerprint density at radius 3 is 2.32 bits per heavy atom. The van der Waals surface area contributed by atoms with Crippen LogP contribution < -0.4 is 9.47 Å². The second-order valence-electron chi connectivity index (χ2n) is 6.70. The molecule has 0 N–H and O–H groups in total. The van der Waals surface area contributed by atoms with Crippen LogP contribution in [-0.4, -0.2) is 7.11 Å². The van der Waals surface area contributed by atoms with Gasteiger partial charge in [0, 0.05) is 10.9 Å². The Kier molecular flexibility index (Phi) is 5.23. The van der Waals surface area contributed by atoms with Crippen molar-refractivity contribution >= 4 is 22.4 Å². The normalized spacial score (nSPS) is 10.8. The molecule has 140 valence electrons. The van der Waals surface area contributed by atoms with Gasteiger partial charge < -0.3 is 9.47 Å². The molecule has 4 aromatic rings. The quantitative estimate of drug-likeness (QED) is 0.364. The summed E-state index contributed by atoms with van der Waals surface area (Å²) >= 11 is 6.58. The third-order valence-corrected chi connectivity index (χ3v) is 5.18. The molecule has 0 unspecified atom stereocenters. The summed E-state index contributed by atoms with van der Waals surface area (Å²) in [6, 6.07) is 26.3. The molecule has 0 bridgehead atoms. The van der Waals surface area contributed by atoms with E-state index in [2.05, 4.69) is 31.2 Å². The molecule has 4 aromatic carbocycles. The highest BCUT2D eigenvalue weighted by Crippen LogP contribution is 2.43. The van der Waals surface area contributed by atoms with Crippen molar-refractivity contribution in [1.82, 2.24) is 0 Å². The predicted molar refractivity (Wildman–Crippen MR) is 116 cm³/mol. The molecule has 0 amide bonds. The van der Waals surface area contributed by atoms with Crippen molar-refractivity contribution in [2.75, 3.05) is 7.11 Å². The summed E-state index contributed by atoms with van der Waals surface area (Å²) in [5, 5.41) is 2.67. The monoisotopic (exact) mass is 388 g/mol. The van der Waals surface area contributed by atoms with Crippen molar-refractivity contribution in [3.8, 4) is 22.6 Å². The first kappa shape index (κ1) is 18.4. The summed E-state index contributed by atoms with van der Waals surface area (Å²) in [6.45, 7) is 2.60. The van der Waals surface area contributed by atoms with E-state index in [4.69, 9.17) is 21.1 Å². The van der Waals surface area contributed by atoms with Gasteiger partial charge in [0.25, 0.3) is 0 Å². The van der Waals surface area contributed by atoms with E-state index in [0.717, 1.165) is 44.5 Å². The Hall–Kier alpha value is -2.97. The average molecular weight is 389 g/mol. The summed E-state index contributed by atoms with van der Waals surface area (Å²) in [4.78, 5) is 0. The lowest BCUT2D eigenvalue weighted by molar-refractivity contribution is 0.307. The van der Waals surface area contributed by atoms with Gasteiger partial charge in [0.2, 0.25) is 0 Å². The zero-order chi connectivity index (χ0) is 19.5. The van der Waals surface area contributed by atoms with Crippen LogP contribution in [0.1, 0.15) is 11.1 Å². The van der Waals surface area contributed by atoms with Gasteiger partial charge in [-0.25, -0.2) is 0 Å². The van der Waals surface area contributed by atoms with Crippen LogP contribution in [0.3, 0.4) is 0 Å². The van der Waals surface area contributed by atoms with Gasteiger partial charge in [-0.05, 0) is 47.2 Å². The summed E-state index contributed by atoms with van der Waals surface area (Å²) in [5.74, 6) is 1.62. The van der Waals surface area contributed by atoms with Crippen molar-refractivity contribution in [3.63, 3.8) is 0 Å². The van der Waals surface area contributed by atoms with Gasteiger partial charge in [-0.3, -0.25) is 0 Å². The number of hydrogen-bond acceptors (Lipinski definition) is 2. The highest BCUT2D eigenvalue weighted by Gasteiger charge is 2.17. The Labute approximate surface area is 170 Å². The molecule has 3 heteroatoms. The Balaban J connectivity index is 1.85. The third-order valence-electron chi connectivity index (χ3n) is 4.89. The number of aryl methyl sites for hydroxylation is 1. The topological polar surface area (TPSA) is 18.5 Å². The van der Waals surface area contributed by atoms with Gasteiger partial charge in [0.15, 0.2) is 0 Å². The first-order chi connectivity index (χ1) is 13.7. The molecule has 0 saturated heterocycles. The van der Waals surface area contributed by atoms with Crippen molar-refractivity contribution in [2.45, 2.75) is 13.5 Å². The minimum absolute atomic E-state index is 0.520. The molecule has 0 aliphatic carbocycles. The molecule has 2 nitrogen and oxygen atoms in total. The van der Waals surface area contributed by atoms with Crippen LogP contribution in [0, 0.1) is 6.92 Å². The number of para-hydroxylation sites is 1. The second-order valence-corrected chi connectivity index (χ2v) is 7.11. The number of rotatable bonds is 5. The van der Waals surface area contributed by atoms with Gasteiger partial charge in [-0.15, -0.1) is 0 Å². The predicted octanol–water partition coefficient (Wildman–Crippen LogP) is 7.06. The smallest absolute Gasteiger partial charge is 0.128 e. The molecule has 4 rings (SSSR count). The average Bonchev–Trinajstić information content (AvgIpc) is 2.73. The Morgan fingerprint density at radius 1 is 0.821 bits per heavy atom. The molecule has 0 atom stereocenters. The van der Waals surface area contributed by atoms with E-state index in [0.29, 0.717) is 11.6 Å². The number of ether oxygens (including phenoxy) is 2. The first-order valence-electron chi connectivity index (χ1n) is 9.21. The van der Waals surface area contributed by atoms with Gasteiger partial charge in [-0.2, -0.15) is 0 Å². The highest BCUT2D eigenvalue weighted by atomic mass is 35.5. The minimum Gasteiger partial charge on any atom is -0.496 e. The molecule has 0 radical (unpaired) electrons. The van der Waals surface area contributed by atoms with Crippen LogP contribution >= 0.6 is 11.6 Å². The van der Waals surface area contributed by atoms with Gasteiger partial charge in [0.05, 0.1) is 12.1 Å². The number of methoxy groups -OCH3 is 1. The highest BCUT2D eigenvalue weighted by molar-refractivity contribution is 6.37. The molecule has 0 saturated carbocycles. The molecule has 0 aliphatic heterocycles. The molecular formula is C25H21ClO2. The lowest BCUT2D eigenvalue weighted by Crippen LogP contribution is -1.98. The van der Waals surface area contributed by atoms with E-state index in [-0.39, 0.29) is 0 Å². The molecule has 0 heterocycles. The SMILES string of the molecule is COc1cccc2c(-c3ccccc3OCc3ccccc3)c(C)cc(Cl)c12. The lowest BCUT2D eigenvalue weighted by Gasteiger charge is -2.17. The largest absolute Gasteiger partial charge is 0.496 e. The van der Waals surface area contributed by atoms with Crippen molar-refractivity contribution in [3.05, 3.63) is 95.0 Å². The summed E-state index contributed by atoms with van der Waals surface area (Å²) < 4.78 is 11.8. The minimum atomic E-state index is 0.520. The number of hydrogen-bond donors (Lipinski definition) is 0. The Morgan fingerprint density at radius 2 is 1.54 bits per heavy atom. The van der Waals surface area contributed by atoms with E-state index in [1.165, 1.54) is 0 Å². The lowest BCUT2D eigenvalue weighted by atomic mass is 9.93. The summed E-state index contributed by atoms with van der Waals surface area (Å²) in [7, 11) is 1.67. The van der Waals surface area contributed by atoms with E-state index in [1.54, 1.807) is 7.11 Å². The fourth-order valence-electron chi connectivity index (χ4n) is 3.59. The molecule has 0 fully saturated rings. The van der Waals surface area contributed by atoms with Gasteiger partial charge in [-0.1, -0.05) is 72.3 Å². The zero-order valence-electron chi connectivity index (χ0n) is 15.9. The van der Waals surface area contributed by atoms with Crippen LogP contribution in [0.5, 0.6) is 11.5 Å². The fraction of sp³-hybridized carbons (Fsp3) is 0.120. The number of benzene rings is 4.